The Hall–Kier alpha value is -1.86. The molecule has 19 heavy (non-hydrogen) atoms. The lowest BCUT2D eigenvalue weighted by Crippen LogP contribution is -1.92. The van der Waals surface area contributed by atoms with E-state index in [9.17, 15) is 4.79 Å². The summed E-state index contributed by atoms with van der Waals surface area (Å²) in [5.74, 6) is 0.0329. The molecule has 0 aliphatic carbocycles. The molecular formula is C17H15ClO. The Kier molecular flexibility index (Phi) is 4.18. The standard InChI is InChI=1S/C17H15ClO/c1-12-3-5-14(6-4-12)17(11-13(2)19)15-7-9-16(18)10-8-15/h3-11H,1-2H3/b17-11-. The predicted molar refractivity (Wildman–Crippen MR) is 80.4 cm³/mol. The van der Waals surface area contributed by atoms with Crippen LogP contribution in [0, 0.1) is 6.92 Å². The van der Waals surface area contributed by atoms with Crippen LogP contribution in [-0.4, -0.2) is 5.78 Å². The average Bonchev–Trinajstić information content (AvgIpc) is 2.38. The molecule has 0 bridgehead atoms. The van der Waals surface area contributed by atoms with E-state index >= 15 is 0 Å². The highest BCUT2D eigenvalue weighted by atomic mass is 35.5. The molecule has 0 N–H and O–H groups in total. The maximum absolute atomic E-state index is 11.4. The molecule has 0 saturated heterocycles. The van der Waals surface area contributed by atoms with Gasteiger partial charge < -0.3 is 0 Å². The third kappa shape index (κ3) is 3.55. The summed E-state index contributed by atoms with van der Waals surface area (Å²) in [4.78, 5) is 11.4. The van der Waals surface area contributed by atoms with Crippen LogP contribution in [0.3, 0.4) is 0 Å². The first-order valence-electron chi connectivity index (χ1n) is 6.11. The molecule has 0 aliphatic heterocycles. The number of hydrogen-bond donors (Lipinski definition) is 0. The van der Waals surface area contributed by atoms with E-state index in [-0.39, 0.29) is 5.78 Å². The van der Waals surface area contributed by atoms with Gasteiger partial charge in [0.25, 0.3) is 0 Å². The first-order chi connectivity index (χ1) is 9.06. The van der Waals surface area contributed by atoms with Crippen molar-refractivity contribution in [1.82, 2.24) is 0 Å². The Labute approximate surface area is 118 Å². The quantitative estimate of drug-likeness (QED) is 0.741. The second-order valence-electron chi connectivity index (χ2n) is 4.54. The Balaban J connectivity index is 2.50. The van der Waals surface area contributed by atoms with Crippen molar-refractivity contribution in [2.24, 2.45) is 0 Å². The number of hydrogen-bond acceptors (Lipinski definition) is 1. The van der Waals surface area contributed by atoms with Gasteiger partial charge in [-0.15, -0.1) is 0 Å². The first kappa shape index (κ1) is 13.6. The number of carbonyl (C=O) groups excluding carboxylic acids is 1. The normalized spacial score (nSPS) is 11.4. The zero-order valence-corrected chi connectivity index (χ0v) is 11.7. The van der Waals surface area contributed by atoms with Gasteiger partial charge in [0, 0.05) is 5.02 Å². The van der Waals surface area contributed by atoms with Crippen LogP contribution in [0.1, 0.15) is 23.6 Å². The summed E-state index contributed by atoms with van der Waals surface area (Å²) in [6.07, 6.45) is 1.66. The largest absolute Gasteiger partial charge is 0.295 e. The summed E-state index contributed by atoms with van der Waals surface area (Å²) in [7, 11) is 0. The predicted octanol–water partition coefficient (Wildman–Crippen LogP) is 4.67. The molecule has 2 aromatic carbocycles. The fourth-order valence-corrected chi connectivity index (χ4v) is 2.03. The first-order valence-corrected chi connectivity index (χ1v) is 6.49. The summed E-state index contributed by atoms with van der Waals surface area (Å²) in [5.41, 5.74) is 4.14. The van der Waals surface area contributed by atoms with Crippen molar-refractivity contribution in [3.05, 3.63) is 76.3 Å². The Morgan fingerprint density at radius 2 is 1.42 bits per heavy atom. The second kappa shape index (κ2) is 5.85. The van der Waals surface area contributed by atoms with Gasteiger partial charge in [0.1, 0.15) is 0 Å². The van der Waals surface area contributed by atoms with E-state index < -0.39 is 0 Å². The van der Waals surface area contributed by atoms with Gasteiger partial charge in [-0.1, -0.05) is 53.6 Å². The van der Waals surface area contributed by atoms with Gasteiger partial charge in [-0.3, -0.25) is 4.79 Å². The van der Waals surface area contributed by atoms with Crippen LogP contribution in [-0.2, 0) is 4.79 Å². The lowest BCUT2D eigenvalue weighted by Gasteiger charge is -2.08. The van der Waals surface area contributed by atoms with E-state index in [4.69, 9.17) is 11.6 Å². The molecule has 2 heteroatoms. The number of ketones is 1. The molecule has 96 valence electrons. The van der Waals surface area contributed by atoms with Crippen LogP contribution in [0.5, 0.6) is 0 Å². The van der Waals surface area contributed by atoms with E-state index in [1.165, 1.54) is 5.56 Å². The van der Waals surface area contributed by atoms with E-state index in [1.807, 2.05) is 55.5 Å². The Morgan fingerprint density at radius 3 is 1.89 bits per heavy atom. The van der Waals surface area contributed by atoms with Gasteiger partial charge in [-0.2, -0.15) is 0 Å². The molecule has 0 unspecified atom stereocenters. The lowest BCUT2D eigenvalue weighted by atomic mass is 9.96. The minimum Gasteiger partial charge on any atom is -0.295 e. The third-order valence-electron chi connectivity index (χ3n) is 2.87. The lowest BCUT2D eigenvalue weighted by molar-refractivity contribution is -0.112. The fourth-order valence-electron chi connectivity index (χ4n) is 1.90. The van der Waals surface area contributed by atoms with Crippen molar-refractivity contribution in [1.29, 1.82) is 0 Å². The molecule has 0 amide bonds. The highest BCUT2D eigenvalue weighted by molar-refractivity contribution is 6.30. The molecule has 0 saturated carbocycles. The zero-order chi connectivity index (χ0) is 13.8. The molecule has 1 nitrogen and oxygen atoms in total. The minimum atomic E-state index is 0.0329. The molecule has 2 aromatic rings. The molecule has 0 radical (unpaired) electrons. The van der Waals surface area contributed by atoms with Crippen molar-refractivity contribution >= 4 is 23.0 Å². The number of carbonyl (C=O) groups is 1. The molecule has 0 fully saturated rings. The number of benzene rings is 2. The molecule has 0 atom stereocenters. The molecular weight excluding hydrogens is 256 g/mol. The second-order valence-corrected chi connectivity index (χ2v) is 4.98. The maximum atomic E-state index is 11.4. The van der Waals surface area contributed by atoms with Crippen molar-refractivity contribution in [3.8, 4) is 0 Å². The molecule has 0 aliphatic rings. The summed E-state index contributed by atoms with van der Waals surface area (Å²) in [5, 5.41) is 0.690. The number of aryl methyl sites for hydroxylation is 1. The summed E-state index contributed by atoms with van der Waals surface area (Å²) < 4.78 is 0. The van der Waals surface area contributed by atoms with Gasteiger partial charge in [0.05, 0.1) is 0 Å². The van der Waals surface area contributed by atoms with Crippen LogP contribution in [0.4, 0.5) is 0 Å². The van der Waals surface area contributed by atoms with Crippen molar-refractivity contribution in [2.45, 2.75) is 13.8 Å². The Bertz CT molecular complexity index is 559. The van der Waals surface area contributed by atoms with E-state index in [0.29, 0.717) is 5.02 Å². The molecule has 0 spiro atoms. The summed E-state index contributed by atoms with van der Waals surface area (Å²) in [6, 6.07) is 15.7. The monoisotopic (exact) mass is 270 g/mol. The number of rotatable bonds is 3. The average molecular weight is 271 g/mol. The van der Waals surface area contributed by atoms with Gasteiger partial charge in [0.2, 0.25) is 0 Å². The fraction of sp³-hybridized carbons (Fsp3) is 0.118. The van der Waals surface area contributed by atoms with Crippen molar-refractivity contribution in [3.63, 3.8) is 0 Å². The van der Waals surface area contributed by atoms with E-state index in [1.54, 1.807) is 13.0 Å². The maximum Gasteiger partial charge on any atom is 0.153 e. The Morgan fingerprint density at radius 1 is 0.947 bits per heavy atom. The van der Waals surface area contributed by atoms with E-state index in [0.717, 1.165) is 16.7 Å². The number of halogens is 1. The van der Waals surface area contributed by atoms with Crippen LogP contribution in [0.2, 0.25) is 5.02 Å². The van der Waals surface area contributed by atoms with Gasteiger partial charge >= 0.3 is 0 Å². The van der Waals surface area contributed by atoms with Crippen LogP contribution >= 0.6 is 11.6 Å². The van der Waals surface area contributed by atoms with Crippen LogP contribution in [0.15, 0.2) is 54.6 Å². The van der Waals surface area contributed by atoms with Crippen LogP contribution in [0.25, 0.3) is 5.57 Å². The summed E-state index contributed by atoms with van der Waals surface area (Å²) >= 11 is 5.90. The highest BCUT2D eigenvalue weighted by Gasteiger charge is 2.06. The number of allylic oxidation sites excluding steroid dienone is 1. The van der Waals surface area contributed by atoms with Crippen LogP contribution < -0.4 is 0 Å². The summed E-state index contributed by atoms with van der Waals surface area (Å²) in [6.45, 7) is 3.60. The van der Waals surface area contributed by atoms with E-state index in [2.05, 4.69) is 0 Å². The highest BCUT2D eigenvalue weighted by Crippen LogP contribution is 2.25. The SMILES string of the molecule is CC(=O)/C=C(/c1ccc(C)cc1)c1ccc(Cl)cc1. The van der Waals surface area contributed by atoms with Gasteiger partial charge in [-0.05, 0) is 48.8 Å². The van der Waals surface area contributed by atoms with Crippen molar-refractivity contribution in [2.75, 3.05) is 0 Å². The molecule has 0 heterocycles. The van der Waals surface area contributed by atoms with Gasteiger partial charge in [-0.25, -0.2) is 0 Å². The van der Waals surface area contributed by atoms with Crippen molar-refractivity contribution < 1.29 is 4.79 Å². The molecule has 2 rings (SSSR count). The van der Waals surface area contributed by atoms with Gasteiger partial charge in [0.15, 0.2) is 5.78 Å². The topological polar surface area (TPSA) is 17.1 Å². The third-order valence-corrected chi connectivity index (χ3v) is 3.12. The smallest absolute Gasteiger partial charge is 0.153 e. The minimum absolute atomic E-state index is 0.0329. The molecule has 0 aromatic heterocycles. The zero-order valence-electron chi connectivity index (χ0n) is 11.0.